The number of thioether (sulfide) groups is 1. The van der Waals surface area contributed by atoms with Crippen molar-refractivity contribution < 1.29 is 13.6 Å². The summed E-state index contributed by atoms with van der Waals surface area (Å²) in [6, 6.07) is 9.57. The second-order valence-electron chi connectivity index (χ2n) is 6.02. The van der Waals surface area contributed by atoms with Gasteiger partial charge in [0.1, 0.15) is 0 Å². The Bertz CT molecular complexity index is 901. The molecule has 0 radical (unpaired) electrons. The zero-order chi connectivity index (χ0) is 18.8. The molecule has 0 spiro atoms. The largest absolute Gasteiger partial charge is 0.378 e. The van der Waals surface area contributed by atoms with Gasteiger partial charge in [-0.25, -0.2) is 13.8 Å². The average Bonchev–Trinajstić information content (AvgIpc) is 2.96. The van der Waals surface area contributed by atoms with Crippen LogP contribution < -0.4 is 10.2 Å². The Kier molecular flexibility index (Phi) is 5.13. The van der Waals surface area contributed by atoms with E-state index in [-0.39, 0.29) is 5.91 Å². The number of aromatic amines is 1. The Morgan fingerprint density at radius 2 is 1.85 bits per heavy atom. The molecule has 2 N–H and O–H groups in total. The smallest absolute Gasteiger partial charge is 0.237 e. The van der Waals surface area contributed by atoms with Gasteiger partial charge in [0.2, 0.25) is 5.91 Å². The maximum atomic E-state index is 13.3. The zero-order valence-corrected chi connectivity index (χ0v) is 15.3. The number of amides is 1. The molecule has 0 fully saturated rings. The van der Waals surface area contributed by atoms with Crippen LogP contribution in [0.2, 0.25) is 0 Å². The fraction of sp³-hybridized carbons (Fsp3) is 0.222. The van der Waals surface area contributed by atoms with E-state index < -0.39 is 16.9 Å². The molecule has 1 atom stereocenters. The van der Waals surface area contributed by atoms with Crippen molar-refractivity contribution >= 4 is 40.1 Å². The number of carbonyl (C=O) groups excluding carboxylic acids is 1. The van der Waals surface area contributed by atoms with E-state index in [2.05, 4.69) is 15.3 Å². The normalized spacial score (nSPS) is 12.2. The second kappa shape index (κ2) is 7.33. The lowest BCUT2D eigenvalue weighted by Gasteiger charge is -2.14. The summed E-state index contributed by atoms with van der Waals surface area (Å²) in [6.45, 7) is 1.74. The number of nitrogens with one attached hydrogen (secondary N) is 2. The highest BCUT2D eigenvalue weighted by Crippen LogP contribution is 2.26. The lowest BCUT2D eigenvalue weighted by atomic mass is 10.2. The van der Waals surface area contributed by atoms with Gasteiger partial charge in [-0.2, -0.15) is 0 Å². The van der Waals surface area contributed by atoms with Crippen LogP contribution in [0, 0.1) is 11.6 Å². The quantitative estimate of drug-likeness (QED) is 0.660. The van der Waals surface area contributed by atoms with Gasteiger partial charge in [0.25, 0.3) is 0 Å². The first-order valence-electron chi connectivity index (χ1n) is 7.93. The van der Waals surface area contributed by atoms with Gasteiger partial charge >= 0.3 is 0 Å². The van der Waals surface area contributed by atoms with Crippen molar-refractivity contribution in [3.63, 3.8) is 0 Å². The first kappa shape index (κ1) is 18.2. The minimum atomic E-state index is -0.951. The molecule has 26 heavy (non-hydrogen) atoms. The van der Waals surface area contributed by atoms with E-state index in [0.29, 0.717) is 21.9 Å². The Balaban J connectivity index is 1.67. The Morgan fingerprint density at radius 3 is 2.50 bits per heavy atom. The highest BCUT2D eigenvalue weighted by atomic mass is 32.2. The fourth-order valence-electron chi connectivity index (χ4n) is 2.35. The van der Waals surface area contributed by atoms with Crippen molar-refractivity contribution in [2.75, 3.05) is 24.3 Å². The van der Waals surface area contributed by atoms with Gasteiger partial charge in [-0.05, 0) is 31.2 Å². The van der Waals surface area contributed by atoms with Gasteiger partial charge in [0.05, 0.1) is 16.3 Å². The Hall–Kier alpha value is -2.61. The lowest BCUT2D eigenvalue weighted by Crippen LogP contribution is -2.22. The van der Waals surface area contributed by atoms with Crippen molar-refractivity contribution in [1.29, 1.82) is 0 Å². The van der Waals surface area contributed by atoms with Crippen LogP contribution in [0.1, 0.15) is 6.92 Å². The SMILES string of the molecule is CC(Sc1nc2cc(F)c(F)cc2[nH]1)C(=O)Nc1ccc(N(C)C)cc1. The van der Waals surface area contributed by atoms with E-state index >= 15 is 0 Å². The highest BCUT2D eigenvalue weighted by molar-refractivity contribution is 8.00. The maximum absolute atomic E-state index is 13.3. The molecule has 2 aromatic carbocycles. The number of carbonyl (C=O) groups is 1. The summed E-state index contributed by atoms with van der Waals surface area (Å²) in [5, 5.41) is 2.82. The third-order valence-corrected chi connectivity index (χ3v) is 4.80. The Morgan fingerprint density at radius 1 is 1.19 bits per heavy atom. The molecular formula is C18H18F2N4OS. The number of rotatable bonds is 5. The van der Waals surface area contributed by atoms with Crippen LogP contribution in [0.5, 0.6) is 0 Å². The standard InChI is InChI=1S/C18H18F2N4OS/c1-10(17(25)21-11-4-6-12(7-5-11)24(2)3)26-18-22-15-8-13(19)14(20)9-16(15)23-18/h4-10H,1-3H3,(H,21,25)(H,22,23). The molecule has 0 aliphatic heterocycles. The molecular weight excluding hydrogens is 358 g/mol. The van der Waals surface area contributed by atoms with Crippen molar-refractivity contribution in [2.24, 2.45) is 0 Å². The van der Waals surface area contributed by atoms with Gasteiger partial charge in [0.15, 0.2) is 16.8 Å². The molecule has 0 saturated heterocycles. The topological polar surface area (TPSA) is 61.0 Å². The number of fused-ring (bicyclic) bond motifs is 1. The van der Waals surface area contributed by atoms with Crippen LogP contribution in [0.4, 0.5) is 20.2 Å². The molecule has 8 heteroatoms. The maximum Gasteiger partial charge on any atom is 0.237 e. The summed E-state index contributed by atoms with van der Waals surface area (Å²) in [5.74, 6) is -2.08. The number of halogens is 2. The molecule has 0 saturated carbocycles. The number of nitrogens with zero attached hydrogens (tertiary/aromatic N) is 2. The van der Waals surface area contributed by atoms with E-state index in [1.165, 1.54) is 11.8 Å². The molecule has 1 amide bonds. The van der Waals surface area contributed by atoms with Crippen LogP contribution in [-0.4, -0.2) is 35.2 Å². The molecule has 0 aliphatic rings. The highest BCUT2D eigenvalue weighted by Gasteiger charge is 2.17. The summed E-state index contributed by atoms with van der Waals surface area (Å²) in [4.78, 5) is 21.4. The van der Waals surface area contributed by atoms with Gasteiger partial charge < -0.3 is 15.2 Å². The van der Waals surface area contributed by atoms with Gasteiger partial charge in [-0.3, -0.25) is 4.79 Å². The molecule has 1 unspecified atom stereocenters. The summed E-state index contributed by atoms with van der Waals surface area (Å²) in [6.07, 6.45) is 0. The predicted molar refractivity (Wildman–Crippen MR) is 101 cm³/mol. The molecule has 5 nitrogen and oxygen atoms in total. The molecule has 3 rings (SSSR count). The van der Waals surface area contributed by atoms with Gasteiger partial charge in [0, 0.05) is 37.6 Å². The van der Waals surface area contributed by atoms with Crippen LogP contribution in [0.25, 0.3) is 11.0 Å². The van der Waals surface area contributed by atoms with Crippen LogP contribution >= 0.6 is 11.8 Å². The number of benzene rings is 2. The first-order valence-corrected chi connectivity index (χ1v) is 8.81. The van der Waals surface area contributed by atoms with Crippen LogP contribution in [-0.2, 0) is 4.79 Å². The predicted octanol–water partition coefficient (Wildman–Crippen LogP) is 4.03. The number of anilines is 2. The van der Waals surface area contributed by atoms with E-state index in [9.17, 15) is 13.6 Å². The van der Waals surface area contributed by atoms with Gasteiger partial charge in [-0.1, -0.05) is 11.8 Å². The summed E-state index contributed by atoms with van der Waals surface area (Å²) >= 11 is 1.18. The van der Waals surface area contributed by atoms with Crippen LogP contribution in [0.15, 0.2) is 41.6 Å². The molecule has 1 aromatic heterocycles. The number of hydrogen-bond acceptors (Lipinski definition) is 4. The first-order chi connectivity index (χ1) is 12.3. The molecule has 0 bridgehead atoms. The summed E-state index contributed by atoms with van der Waals surface area (Å²) < 4.78 is 26.5. The number of aromatic nitrogens is 2. The lowest BCUT2D eigenvalue weighted by molar-refractivity contribution is -0.115. The molecule has 0 aliphatic carbocycles. The van der Waals surface area contributed by atoms with E-state index in [1.807, 2.05) is 43.3 Å². The van der Waals surface area contributed by atoms with Gasteiger partial charge in [-0.15, -0.1) is 0 Å². The number of H-pyrrole nitrogens is 1. The minimum absolute atomic E-state index is 0.189. The minimum Gasteiger partial charge on any atom is -0.378 e. The third-order valence-electron chi connectivity index (χ3n) is 3.81. The monoisotopic (exact) mass is 376 g/mol. The summed E-state index contributed by atoms with van der Waals surface area (Å²) in [5.41, 5.74) is 2.44. The average molecular weight is 376 g/mol. The second-order valence-corrected chi connectivity index (χ2v) is 7.35. The Labute approximate surface area is 153 Å². The van der Waals surface area contributed by atoms with Crippen molar-refractivity contribution in [3.8, 4) is 0 Å². The van der Waals surface area contributed by atoms with E-state index in [1.54, 1.807) is 6.92 Å². The van der Waals surface area contributed by atoms with Crippen molar-refractivity contribution in [2.45, 2.75) is 17.3 Å². The summed E-state index contributed by atoms with van der Waals surface area (Å²) in [7, 11) is 3.88. The zero-order valence-electron chi connectivity index (χ0n) is 14.5. The molecule has 1 heterocycles. The molecule has 136 valence electrons. The van der Waals surface area contributed by atoms with E-state index in [0.717, 1.165) is 17.8 Å². The van der Waals surface area contributed by atoms with Crippen LogP contribution in [0.3, 0.4) is 0 Å². The van der Waals surface area contributed by atoms with Crippen molar-refractivity contribution in [3.05, 3.63) is 48.0 Å². The number of hydrogen-bond donors (Lipinski definition) is 2. The third kappa shape index (κ3) is 3.96. The number of imidazole rings is 1. The van der Waals surface area contributed by atoms with E-state index in [4.69, 9.17) is 0 Å². The molecule has 3 aromatic rings. The van der Waals surface area contributed by atoms with Crippen molar-refractivity contribution in [1.82, 2.24) is 9.97 Å². The fourth-order valence-corrected chi connectivity index (χ4v) is 3.17.